The maximum Gasteiger partial charge on any atom is 0.237 e. The van der Waals surface area contributed by atoms with Gasteiger partial charge in [-0.25, -0.2) is 0 Å². The maximum absolute atomic E-state index is 12.0. The second-order valence-corrected chi connectivity index (χ2v) is 4.72. The molecule has 1 aromatic rings. The lowest BCUT2D eigenvalue weighted by Gasteiger charge is -2.14. The normalized spacial score (nSPS) is 11.4. The van der Waals surface area contributed by atoms with E-state index in [0.29, 0.717) is 0 Å². The molecule has 0 saturated heterocycles. The molecule has 0 heterocycles. The Morgan fingerprint density at radius 2 is 1.94 bits per heavy atom. The van der Waals surface area contributed by atoms with Crippen LogP contribution in [-0.4, -0.2) is 32.3 Å². The minimum absolute atomic E-state index is 0. The molecule has 0 saturated carbocycles. The highest BCUT2D eigenvalue weighted by atomic mass is 35.5. The smallest absolute Gasteiger partial charge is 0.237 e. The van der Waals surface area contributed by atoms with Crippen molar-refractivity contribution in [3.8, 4) is 0 Å². The second kappa shape index (κ2) is 10.2. The average Bonchev–Trinajstić information content (AvgIpc) is 2.37. The molecular weight excluding hydrogens is 268 g/mol. The summed E-state index contributed by atoms with van der Waals surface area (Å²) < 4.78 is 0. The van der Waals surface area contributed by atoms with Crippen LogP contribution in [0.25, 0.3) is 0 Å². The van der Waals surface area contributed by atoms with Gasteiger partial charge in [0.2, 0.25) is 5.91 Å². The first-order valence-corrected chi connectivity index (χ1v) is 7.08. The summed E-state index contributed by atoms with van der Waals surface area (Å²) in [4.78, 5) is 12.0. The van der Waals surface area contributed by atoms with E-state index in [9.17, 15) is 4.79 Å². The molecule has 1 amide bonds. The van der Waals surface area contributed by atoms with Gasteiger partial charge in [0.05, 0.1) is 0 Å². The van der Waals surface area contributed by atoms with Gasteiger partial charge in [-0.15, -0.1) is 24.2 Å². The van der Waals surface area contributed by atoms with Gasteiger partial charge in [0, 0.05) is 6.54 Å². The lowest BCUT2D eigenvalue weighted by Crippen LogP contribution is -2.30. The molecule has 3 nitrogen and oxygen atoms in total. The molecule has 18 heavy (non-hydrogen) atoms. The summed E-state index contributed by atoms with van der Waals surface area (Å²) in [6.45, 7) is 1.65. The topological polar surface area (TPSA) is 41.1 Å². The molecule has 0 fully saturated rings. The SMILES string of the molecule is CNCCCNC(=O)C(SC)c1ccccc1.Cl. The van der Waals surface area contributed by atoms with Crippen LogP contribution in [-0.2, 0) is 4.79 Å². The highest BCUT2D eigenvalue weighted by Crippen LogP contribution is 2.26. The molecule has 1 aromatic carbocycles. The Hall–Kier alpha value is -0.710. The van der Waals surface area contributed by atoms with Crippen LogP contribution in [0.1, 0.15) is 17.2 Å². The van der Waals surface area contributed by atoms with E-state index in [2.05, 4.69) is 10.6 Å². The highest BCUT2D eigenvalue weighted by molar-refractivity contribution is 7.99. The number of carbonyl (C=O) groups is 1. The lowest BCUT2D eigenvalue weighted by atomic mass is 10.1. The van der Waals surface area contributed by atoms with Crippen LogP contribution in [0.15, 0.2) is 30.3 Å². The van der Waals surface area contributed by atoms with Gasteiger partial charge in [-0.2, -0.15) is 0 Å². The molecule has 0 bridgehead atoms. The Morgan fingerprint density at radius 1 is 1.28 bits per heavy atom. The first-order chi connectivity index (χ1) is 8.29. The van der Waals surface area contributed by atoms with Crippen molar-refractivity contribution in [1.82, 2.24) is 10.6 Å². The number of hydrogen-bond acceptors (Lipinski definition) is 3. The van der Waals surface area contributed by atoms with Crippen molar-refractivity contribution in [1.29, 1.82) is 0 Å². The van der Waals surface area contributed by atoms with E-state index in [0.717, 1.165) is 25.1 Å². The predicted molar refractivity (Wildman–Crippen MR) is 81.5 cm³/mol. The van der Waals surface area contributed by atoms with Crippen LogP contribution in [0, 0.1) is 0 Å². The fourth-order valence-corrected chi connectivity index (χ4v) is 2.32. The monoisotopic (exact) mass is 288 g/mol. The highest BCUT2D eigenvalue weighted by Gasteiger charge is 2.18. The Balaban J connectivity index is 0.00000289. The molecule has 0 aliphatic carbocycles. The van der Waals surface area contributed by atoms with Gasteiger partial charge < -0.3 is 10.6 Å². The zero-order valence-electron chi connectivity index (χ0n) is 10.8. The molecular formula is C13H21ClN2OS. The molecule has 102 valence electrons. The van der Waals surface area contributed by atoms with Crippen LogP contribution in [0.3, 0.4) is 0 Å². The van der Waals surface area contributed by atoms with Gasteiger partial charge in [0.1, 0.15) is 5.25 Å². The number of thioether (sulfide) groups is 1. The third-order valence-electron chi connectivity index (χ3n) is 2.48. The molecule has 0 aromatic heterocycles. The van der Waals surface area contributed by atoms with Crippen LogP contribution in [0.4, 0.5) is 0 Å². The minimum Gasteiger partial charge on any atom is -0.355 e. The van der Waals surface area contributed by atoms with Crippen LogP contribution < -0.4 is 10.6 Å². The number of hydrogen-bond donors (Lipinski definition) is 2. The van der Waals surface area contributed by atoms with E-state index >= 15 is 0 Å². The van der Waals surface area contributed by atoms with E-state index < -0.39 is 0 Å². The van der Waals surface area contributed by atoms with Gasteiger partial charge in [-0.1, -0.05) is 30.3 Å². The fourth-order valence-electron chi connectivity index (χ4n) is 1.59. The average molecular weight is 289 g/mol. The van der Waals surface area contributed by atoms with Crippen molar-refractivity contribution in [2.75, 3.05) is 26.4 Å². The minimum atomic E-state index is -0.106. The first kappa shape index (κ1) is 17.3. The van der Waals surface area contributed by atoms with Crippen molar-refractivity contribution in [2.45, 2.75) is 11.7 Å². The third kappa shape index (κ3) is 5.76. The summed E-state index contributed by atoms with van der Waals surface area (Å²) in [6, 6.07) is 9.88. The number of benzene rings is 1. The van der Waals surface area contributed by atoms with Crippen molar-refractivity contribution in [2.24, 2.45) is 0 Å². The Labute approximate surface area is 120 Å². The van der Waals surface area contributed by atoms with Crippen molar-refractivity contribution in [3.63, 3.8) is 0 Å². The van der Waals surface area contributed by atoms with Crippen molar-refractivity contribution >= 4 is 30.1 Å². The summed E-state index contributed by atoms with van der Waals surface area (Å²) in [5.74, 6) is 0.0970. The molecule has 5 heteroatoms. The number of amides is 1. The zero-order chi connectivity index (χ0) is 12.5. The van der Waals surface area contributed by atoms with E-state index in [1.807, 2.05) is 43.6 Å². The molecule has 0 spiro atoms. The number of halogens is 1. The summed E-state index contributed by atoms with van der Waals surface area (Å²) in [5.41, 5.74) is 1.06. The number of rotatable bonds is 7. The Bertz CT molecular complexity index is 335. The maximum atomic E-state index is 12.0. The van der Waals surface area contributed by atoms with Gasteiger partial charge in [0.25, 0.3) is 0 Å². The van der Waals surface area contributed by atoms with E-state index in [1.54, 1.807) is 11.8 Å². The summed E-state index contributed by atoms with van der Waals surface area (Å²) in [5, 5.41) is 5.92. The van der Waals surface area contributed by atoms with Gasteiger partial charge in [-0.05, 0) is 31.8 Å². The molecule has 1 atom stereocenters. The van der Waals surface area contributed by atoms with Crippen LogP contribution in [0.5, 0.6) is 0 Å². The quantitative estimate of drug-likeness (QED) is 0.756. The Kier molecular flexibility index (Phi) is 9.83. The van der Waals surface area contributed by atoms with Crippen molar-refractivity contribution in [3.05, 3.63) is 35.9 Å². The first-order valence-electron chi connectivity index (χ1n) is 5.79. The fraction of sp³-hybridized carbons (Fsp3) is 0.462. The number of nitrogens with one attached hydrogen (secondary N) is 2. The van der Waals surface area contributed by atoms with Gasteiger partial charge >= 0.3 is 0 Å². The van der Waals surface area contributed by atoms with Gasteiger partial charge in [0.15, 0.2) is 0 Å². The molecule has 0 aliphatic heterocycles. The van der Waals surface area contributed by atoms with E-state index in [1.165, 1.54) is 0 Å². The molecule has 0 aliphatic rings. The van der Waals surface area contributed by atoms with Crippen molar-refractivity contribution < 1.29 is 4.79 Å². The number of carbonyl (C=O) groups excluding carboxylic acids is 1. The second-order valence-electron chi connectivity index (χ2n) is 3.77. The zero-order valence-corrected chi connectivity index (χ0v) is 12.4. The molecule has 0 radical (unpaired) electrons. The van der Waals surface area contributed by atoms with E-state index in [4.69, 9.17) is 0 Å². The van der Waals surface area contributed by atoms with E-state index in [-0.39, 0.29) is 23.6 Å². The summed E-state index contributed by atoms with van der Waals surface area (Å²) in [7, 11) is 1.91. The third-order valence-corrected chi connectivity index (χ3v) is 3.44. The van der Waals surface area contributed by atoms with Crippen LogP contribution in [0.2, 0.25) is 0 Å². The largest absolute Gasteiger partial charge is 0.355 e. The molecule has 1 unspecified atom stereocenters. The molecule has 2 N–H and O–H groups in total. The predicted octanol–water partition coefficient (Wildman–Crippen LogP) is 2.24. The van der Waals surface area contributed by atoms with Crippen LogP contribution >= 0.6 is 24.2 Å². The van der Waals surface area contributed by atoms with Gasteiger partial charge in [-0.3, -0.25) is 4.79 Å². The Morgan fingerprint density at radius 3 is 2.50 bits per heavy atom. The lowest BCUT2D eigenvalue weighted by molar-refractivity contribution is -0.120. The standard InChI is InChI=1S/C13H20N2OS.ClH/c1-14-9-6-10-15-13(16)12(17-2)11-7-4-3-5-8-11;/h3-5,7-8,12,14H,6,9-10H2,1-2H3,(H,15,16);1H. The summed E-state index contributed by atoms with van der Waals surface area (Å²) >= 11 is 1.57. The summed E-state index contributed by atoms with van der Waals surface area (Å²) in [6.07, 6.45) is 2.92. The molecule has 1 rings (SSSR count).